The molecular weight excluding hydrogens is 1400 g/mol. The molecule has 8 rings (SSSR count). The number of hydrogen-bond donors (Lipinski definition) is 14. The van der Waals surface area contributed by atoms with Gasteiger partial charge in [0.1, 0.15) is 18.3 Å². The fraction of sp³-hybridized carbons (Fsp3) is 0.621. The zero-order chi connectivity index (χ0) is 74.9. The van der Waals surface area contributed by atoms with E-state index >= 15 is 0 Å². The number of carboxylic acid groups (broad SMARTS) is 2. The van der Waals surface area contributed by atoms with Gasteiger partial charge < -0.3 is 89.8 Å². The number of aliphatic imine (C=N–C) groups is 3. The number of carbonyl (C=O) groups excluding carboxylic acids is 8. The van der Waals surface area contributed by atoms with Crippen molar-refractivity contribution in [2.24, 2.45) is 94.7 Å². The summed E-state index contributed by atoms with van der Waals surface area (Å²) >= 11 is 3.58. The summed E-state index contributed by atoms with van der Waals surface area (Å²) in [6, 6.07) is 1.46. The van der Waals surface area contributed by atoms with Gasteiger partial charge in [0.2, 0.25) is 41.4 Å². The van der Waals surface area contributed by atoms with Crippen molar-refractivity contribution in [2.75, 3.05) is 18.9 Å². The van der Waals surface area contributed by atoms with Crippen LogP contribution in [0.5, 0.6) is 0 Å². The van der Waals surface area contributed by atoms with Crippen LogP contribution in [0.4, 0.5) is 4.79 Å². The molecule has 0 spiro atoms. The number of ether oxygens (including phenoxy) is 1. The van der Waals surface area contributed by atoms with Gasteiger partial charge in [-0.3, -0.25) is 57.6 Å². The van der Waals surface area contributed by atoms with Gasteiger partial charge in [0.05, 0.1) is 53.7 Å². The minimum absolute atomic E-state index is 0. The predicted molar refractivity (Wildman–Crippen MR) is 367 cm³/mol. The Labute approximate surface area is 600 Å². The fourth-order valence-electron chi connectivity index (χ4n) is 15.8. The predicted octanol–water partition coefficient (Wildman–Crippen LogP) is 1.46. The van der Waals surface area contributed by atoms with Crippen LogP contribution in [0.2, 0.25) is 0 Å². The molecule has 0 aliphatic carbocycles. The summed E-state index contributed by atoms with van der Waals surface area (Å²) in [7, 11) is -5.07. The Bertz CT molecular complexity index is 3880. The van der Waals surface area contributed by atoms with Gasteiger partial charge in [0, 0.05) is 154 Å². The maximum Gasteiger partial charge on any atom is 0.472 e. The number of aliphatic hydroxyl groups excluding tert-OH is 2. The van der Waals surface area contributed by atoms with Crippen LogP contribution in [0.25, 0.3) is 11.0 Å². The molecule has 19 N–H and O–H groups in total. The van der Waals surface area contributed by atoms with Crippen LogP contribution in [-0.4, -0.2) is 161 Å². The van der Waals surface area contributed by atoms with Crippen molar-refractivity contribution in [1.82, 2.24) is 25.5 Å². The van der Waals surface area contributed by atoms with E-state index in [9.17, 15) is 67.9 Å². The van der Waals surface area contributed by atoms with E-state index in [0.717, 1.165) is 11.1 Å². The number of aromatic nitrogens is 2. The quantitative estimate of drug-likeness (QED) is 0.0405. The van der Waals surface area contributed by atoms with E-state index in [1.54, 1.807) is 9.88 Å². The van der Waals surface area contributed by atoms with E-state index < -0.39 is 161 Å². The van der Waals surface area contributed by atoms with Crippen LogP contribution in [0.15, 0.2) is 67.8 Å². The van der Waals surface area contributed by atoms with Crippen molar-refractivity contribution in [3.05, 3.63) is 63.9 Å². The number of nitrogens with two attached hydrogens (primary N) is 6. The minimum atomic E-state index is -5.07. The smallest absolute Gasteiger partial charge is 0.472 e. The molecule has 35 heteroatoms. The van der Waals surface area contributed by atoms with Crippen LogP contribution in [0.3, 0.4) is 0 Å². The van der Waals surface area contributed by atoms with Gasteiger partial charge in [-0.2, -0.15) is 12.6 Å². The first-order valence-corrected chi connectivity index (χ1v) is 35.1. The Morgan fingerprint density at radius 2 is 1.41 bits per heavy atom. The SMILES string of the molecule is C/C1=C2N=C(/C=C3\N/C(=C(/C)C4=NC(C)(C5N=C1[C@](C)(CCC(=O)NCC(C)OP(=O)(O)O[C@@H]1[C@@H](O)[C@@H](n6cnc7cc(C)c(C)cc76)O[C@@H]1CO)C5CC(N)=O)[C@@](C)(CC(N)=O)[C@@H]4CCC(N)=O)[C@@](C)(CC(N)=O)[C@@H]3CCC(N)=O)C(C)(C)[C@@H]/2CCC(N)=O.O=C(O)N[C@@H](CS)C(=O)[O-].[Co]. The maximum atomic E-state index is 14.4. The largest absolute Gasteiger partial charge is 0.548 e. The molecule has 5 unspecified atom stereocenters. The minimum Gasteiger partial charge on any atom is -0.548 e. The molecule has 2 saturated heterocycles. The number of thiol groups is 1. The monoisotopic (exact) mass is 1490 g/mol. The summed E-state index contributed by atoms with van der Waals surface area (Å²) in [5.41, 5.74) is 37.4. The molecule has 2 aromatic rings. The molecule has 0 saturated carbocycles. The molecule has 8 amide bonds. The zero-order valence-electron chi connectivity index (χ0n) is 58.5. The number of benzene rings is 1. The number of primary amides is 6. The zero-order valence-corrected chi connectivity index (χ0v) is 61.3. The average molecular weight is 1500 g/mol. The summed E-state index contributed by atoms with van der Waals surface area (Å²) in [5.74, 6) is -8.77. The molecular formula is C66H96CoN14O18PS-. The van der Waals surface area contributed by atoms with Crippen molar-refractivity contribution < 1.29 is 104 Å². The summed E-state index contributed by atoms with van der Waals surface area (Å²) in [5, 5.41) is 47.9. The Morgan fingerprint density at radius 3 is 1.94 bits per heavy atom. The number of aliphatic hydroxyl groups is 2. The summed E-state index contributed by atoms with van der Waals surface area (Å²) in [6.07, 6.45) is -5.66. The number of nitrogens with zero attached hydrogens (tertiary/aromatic N) is 5. The first-order chi connectivity index (χ1) is 46.4. The van der Waals surface area contributed by atoms with Crippen molar-refractivity contribution in [3.8, 4) is 0 Å². The number of allylic oxidation sites excluding steroid dienone is 6. The van der Waals surface area contributed by atoms with Gasteiger partial charge in [-0.05, 0) is 108 Å². The molecule has 101 heavy (non-hydrogen) atoms. The second-order valence-electron chi connectivity index (χ2n) is 28.6. The molecule has 559 valence electrons. The molecule has 2 fully saturated rings. The van der Waals surface area contributed by atoms with Crippen molar-refractivity contribution in [3.63, 3.8) is 0 Å². The number of fused-ring (bicyclic) bond motifs is 7. The summed E-state index contributed by atoms with van der Waals surface area (Å²) in [6.45, 7) is 19.3. The normalized spacial score (nSPS) is 31.7. The number of phosphoric ester groups is 1. The number of amides is 8. The molecule has 7 heterocycles. The van der Waals surface area contributed by atoms with Gasteiger partial charge in [-0.25, -0.2) is 14.3 Å². The van der Waals surface area contributed by atoms with E-state index in [0.29, 0.717) is 56.4 Å². The standard InChI is InChI=1S/C62H90N13O14P.C4H7NO4S.Co/c1-29-20-39-40(21-30(29)2)75(28-70-39)57-52(84)53(41(27-76)87-57)89-90(85,86)88-31(3)26-69-49(83)18-19-59(8)37(22-46(66)80)56-62(11)61(10,25-48(68)82)36(14-17-45(65)79)51(74-62)33(5)55-60(9,24-47(67)81)34(12-15-43(63)77)38(71-55)23-42-58(6,7)35(13-16-44(64)78)50(72-42)32(4)54(59)73-56;6-3(7)2(1-10)5-4(8)9;/h20-21,23,28,31,34-37,41,52-53,56-57,71,76,84H,12-19,22,24-27H2,1-11H3,(H2,63,77)(H2,64,78)(H2,65,79)(H2,66,80)(H2,67,81)(H2,68,82)(H,69,83)(H,85,86);2,5,10H,1H2,(H,6,7)(H,8,9);/p-1/b38-23-,50-32-,55-33-;;/t31?,34-,35-,36-,37?,41-,52-,53+,56?,57+,59-,60+,61+,62?;2-;/m10./s1. The molecule has 6 aliphatic heterocycles. The number of carbonyl (C=O) groups is 9. The van der Waals surface area contributed by atoms with Crippen molar-refractivity contribution in [1.29, 1.82) is 0 Å². The molecule has 16 atom stereocenters. The van der Waals surface area contributed by atoms with Crippen molar-refractivity contribution >= 4 is 102 Å². The third kappa shape index (κ3) is 17.3. The van der Waals surface area contributed by atoms with E-state index in [-0.39, 0.29) is 99.7 Å². The number of imidazole rings is 1. The number of hydrogen-bond acceptors (Lipinski definition) is 22. The third-order valence-corrected chi connectivity index (χ3v) is 22.9. The van der Waals surface area contributed by atoms with Crippen LogP contribution < -0.4 is 55.5 Å². The van der Waals surface area contributed by atoms with Crippen molar-refractivity contribution in [2.45, 2.75) is 195 Å². The number of nitrogens with one attached hydrogen (secondary N) is 3. The van der Waals surface area contributed by atoms with E-state index in [1.807, 2.05) is 87.4 Å². The first kappa shape index (κ1) is 82.6. The van der Waals surface area contributed by atoms with Gasteiger partial charge in [-0.1, -0.05) is 34.6 Å². The maximum absolute atomic E-state index is 14.4. The van der Waals surface area contributed by atoms with Gasteiger partial charge in [0.15, 0.2) is 6.23 Å². The van der Waals surface area contributed by atoms with Crippen LogP contribution in [0.1, 0.15) is 150 Å². The van der Waals surface area contributed by atoms with E-state index in [2.05, 4.69) is 28.2 Å². The molecule has 1 radical (unpaired) electrons. The number of aliphatic carboxylic acids is 1. The molecule has 8 bridgehead atoms. The Hall–Kier alpha value is -7.40. The number of aryl methyl sites for hydroxylation is 2. The first-order valence-electron chi connectivity index (χ1n) is 33.0. The summed E-state index contributed by atoms with van der Waals surface area (Å²) < 4.78 is 32.3. The van der Waals surface area contributed by atoms with Gasteiger partial charge in [-0.15, -0.1) is 0 Å². The summed E-state index contributed by atoms with van der Waals surface area (Å²) in [4.78, 5) is 146. The second kappa shape index (κ2) is 32.1. The Morgan fingerprint density at radius 1 is 0.822 bits per heavy atom. The Balaban J connectivity index is 0.00000135. The fourth-order valence-corrected chi connectivity index (χ4v) is 17.2. The molecule has 1 aromatic heterocycles. The molecule has 6 aliphatic rings. The van der Waals surface area contributed by atoms with Crippen LogP contribution >= 0.6 is 20.5 Å². The van der Waals surface area contributed by atoms with Crippen LogP contribution in [0, 0.1) is 59.2 Å². The Kier molecular flexibility index (Phi) is 26.2. The van der Waals surface area contributed by atoms with Gasteiger partial charge >= 0.3 is 13.9 Å². The second-order valence-corrected chi connectivity index (χ2v) is 30.3. The third-order valence-electron chi connectivity index (χ3n) is 21.4. The molecule has 32 nitrogen and oxygen atoms in total. The number of rotatable bonds is 29. The topological polar surface area (TPSA) is 549 Å². The van der Waals surface area contributed by atoms with E-state index in [1.165, 1.54) is 13.3 Å². The number of phosphoric acid groups is 1. The average Bonchev–Trinajstić information content (AvgIpc) is 1.53. The molecule has 1 aromatic carbocycles. The number of carboxylic acids is 1. The van der Waals surface area contributed by atoms with Gasteiger partial charge in [0.25, 0.3) is 0 Å². The van der Waals surface area contributed by atoms with E-state index in [4.69, 9.17) is 68.3 Å². The van der Waals surface area contributed by atoms with Crippen LogP contribution in [-0.2, 0) is 73.5 Å².